The van der Waals surface area contributed by atoms with Crippen LogP contribution < -0.4 is 10.0 Å². The maximum Gasteiger partial charge on any atom is 0.261 e. The number of anilines is 1. The highest BCUT2D eigenvalue weighted by molar-refractivity contribution is 7.92. The van der Waals surface area contributed by atoms with E-state index in [1.807, 2.05) is 37.3 Å². The van der Waals surface area contributed by atoms with Crippen molar-refractivity contribution in [2.75, 3.05) is 4.72 Å². The van der Waals surface area contributed by atoms with Crippen molar-refractivity contribution >= 4 is 33.2 Å². The number of carbonyl (C=O) groups excluding carboxylic acids is 1. The summed E-state index contributed by atoms with van der Waals surface area (Å²) in [7, 11) is -3.84. The van der Waals surface area contributed by atoms with E-state index in [0.717, 1.165) is 5.56 Å². The summed E-state index contributed by atoms with van der Waals surface area (Å²) in [6.45, 7) is 1.87. The first-order chi connectivity index (χ1) is 13.3. The second kappa shape index (κ2) is 8.46. The number of hydrogen-bond donors (Lipinski definition) is 2. The van der Waals surface area contributed by atoms with E-state index in [4.69, 9.17) is 11.6 Å². The molecule has 0 bridgehead atoms. The number of benzene rings is 3. The quantitative estimate of drug-likeness (QED) is 0.617. The fourth-order valence-corrected chi connectivity index (χ4v) is 3.87. The second-order valence-corrected chi connectivity index (χ2v) is 8.36. The van der Waals surface area contributed by atoms with E-state index in [9.17, 15) is 13.2 Å². The molecule has 0 aliphatic rings. The highest BCUT2D eigenvalue weighted by atomic mass is 35.5. The summed E-state index contributed by atoms with van der Waals surface area (Å²) in [5.41, 5.74) is 1.61. The van der Waals surface area contributed by atoms with Crippen LogP contribution in [0.4, 0.5) is 5.69 Å². The van der Waals surface area contributed by atoms with Crippen LogP contribution >= 0.6 is 11.6 Å². The largest absolute Gasteiger partial charge is 0.346 e. The summed E-state index contributed by atoms with van der Waals surface area (Å²) in [6, 6.07) is 21.6. The van der Waals surface area contributed by atoms with Gasteiger partial charge in [-0.15, -0.1) is 0 Å². The number of rotatable bonds is 6. The van der Waals surface area contributed by atoms with Gasteiger partial charge in [-0.05, 0) is 55.0 Å². The summed E-state index contributed by atoms with van der Waals surface area (Å²) in [4.78, 5) is 12.6. The monoisotopic (exact) mass is 414 g/mol. The average Bonchev–Trinajstić information content (AvgIpc) is 2.70. The van der Waals surface area contributed by atoms with Crippen LogP contribution in [0.25, 0.3) is 0 Å². The lowest BCUT2D eigenvalue weighted by Gasteiger charge is -2.15. The lowest BCUT2D eigenvalue weighted by Crippen LogP contribution is -2.26. The van der Waals surface area contributed by atoms with Crippen molar-refractivity contribution in [3.63, 3.8) is 0 Å². The molecule has 1 atom stereocenters. The molecular weight excluding hydrogens is 396 g/mol. The Bertz CT molecular complexity index is 1070. The molecule has 0 aliphatic heterocycles. The Balaban J connectivity index is 1.77. The van der Waals surface area contributed by atoms with Crippen LogP contribution in [0.2, 0.25) is 5.02 Å². The first-order valence-electron chi connectivity index (χ1n) is 8.59. The Kier molecular flexibility index (Phi) is 6.02. The lowest BCUT2D eigenvalue weighted by atomic mass is 10.1. The number of hydrogen-bond acceptors (Lipinski definition) is 3. The molecule has 0 radical (unpaired) electrons. The number of amides is 1. The van der Waals surface area contributed by atoms with Gasteiger partial charge in [0.1, 0.15) is 0 Å². The fraction of sp³-hybridized carbons (Fsp3) is 0.0952. The Morgan fingerprint density at radius 2 is 1.61 bits per heavy atom. The van der Waals surface area contributed by atoms with Crippen LogP contribution in [0.1, 0.15) is 28.9 Å². The predicted molar refractivity (Wildman–Crippen MR) is 111 cm³/mol. The van der Waals surface area contributed by atoms with Crippen LogP contribution in [0, 0.1) is 0 Å². The van der Waals surface area contributed by atoms with E-state index in [-0.39, 0.29) is 22.4 Å². The van der Waals surface area contributed by atoms with Crippen LogP contribution in [-0.2, 0) is 10.0 Å². The van der Waals surface area contributed by atoms with Gasteiger partial charge in [-0.1, -0.05) is 48.0 Å². The van der Waals surface area contributed by atoms with E-state index in [0.29, 0.717) is 10.7 Å². The maximum atomic E-state index is 12.6. The van der Waals surface area contributed by atoms with Gasteiger partial charge in [0.2, 0.25) is 0 Å². The summed E-state index contributed by atoms with van der Waals surface area (Å²) in [5.74, 6) is -0.347. The zero-order valence-electron chi connectivity index (χ0n) is 15.1. The first kappa shape index (κ1) is 19.9. The minimum atomic E-state index is -3.84. The normalized spacial score (nSPS) is 12.2. The molecule has 28 heavy (non-hydrogen) atoms. The molecule has 0 saturated carbocycles. The molecule has 0 heterocycles. The van der Waals surface area contributed by atoms with Crippen molar-refractivity contribution in [3.8, 4) is 0 Å². The van der Waals surface area contributed by atoms with Gasteiger partial charge in [0, 0.05) is 16.3 Å². The van der Waals surface area contributed by atoms with E-state index < -0.39 is 10.0 Å². The molecule has 1 unspecified atom stereocenters. The van der Waals surface area contributed by atoms with Gasteiger partial charge in [0.25, 0.3) is 15.9 Å². The van der Waals surface area contributed by atoms with Crippen molar-refractivity contribution in [3.05, 3.63) is 95.0 Å². The van der Waals surface area contributed by atoms with E-state index in [1.54, 1.807) is 36.4 Å². The zero-order valence-corrected chi connectivity index (χ0v) is 16.7. The summed E-state index contributed by atoms with van der Waals surface area (Å²) in [5, 5.41) is 3.39. The molecule has 144 valence electrons. The van der Waals surface area contributed by atoms with Gasteiger partial charge >= 0.3 is 0 Å². The minimum absolute atomic E-state index is 0.00228. The predicted octanol–water partition coefficient (Wildman–Crippen LogP) is 4.63. The van der Waals surface area contributed by atoms with Crippen molar-refractivity contribution < 1.29 is 13.2 Å². The Labute approximate surface area is 169 Å². The fourth-order valence-electron chi connectivity index (χ4n) is 2.64. The molecule has 1 amide bonds. The van der Waals surface area contributed by atoms with Gasteiger partial charge in [-0.3, -0.25) is 9.52 Å². The van der Waals surface area contributed by atoms with E-state index >= 15 is 0 Å². The van der Waals surface area contributed by atoms with E-state index in [1.165, 1.54) is 12.1 Å². The molecule has 5 nitrogen and oxygen atoms in total. The second-order valence-electron chi connectivity index (χ2n) is 6.25. The Morgan fingerprint density at radius 1 is 0.929 bits per heavy atom. The minimum Gasteiger partial charge on any atom is -0.346 e. The third-order valence-electron chi connectivity index (χ3n) is 4.15. The SMILES string of the molecule is CC(NC(=O)c1cccc(S(=O)(=O)Nc2ccc(Cl)cc2)c1)c1ccccc1. The summed E-state index contributed by atoms with van der Waals surface area (Å²) >= 11 is 5.82. The summed E-state index contributed by atoms with van der Waals surface area (Å²) in [6.07, 6.45) is 0. The topological polar surface area (TPSA) is 75.3 Å². The van der Waals surface area contributed by atoms with Crippen LogP contribution in [-0.4, -0.2) is 14.3 Å². The highest BCUT2D eigenvalue weighted by Gasteiger charge is 2.17. The zero-order chi connectivity index (χ0) is 20.1. The van der Waals surface area contributed by atoms with Gasteiger partial charge in [0.15, 0.2) is 0 Å². The molecular formula is C21H19ClN2O3S. The van der Waals surface area contributed by atoms with Crippen molar-refractivity contribution in [1.29, 1.82) is 0 Å². The van der Waals surface area contributed by atoms with Crippen molar-refractivity contribution in [1.82, 2.24) is 5.32 Å². The smallest absolute Gasteiger partial charge is 0.261 e. The molecule has 7 heteroatoms. The Hall–Kier alpha value is -2.83. The summed E-state index contributed by atoms with van der Waals surface area (Å²) < 4.78 is 27.7. The van der Waals surface area contributed by atoms with Crippen LogP contribution in [0.5, 0.6) is 0 Å². The average molecular weight is 415 g/mol. The molecule has 0 fully saturated rings. The Morgan fingerprint density at radius 3 is 2.29 bits per heavy atom. The van der Waals surface area contributed by atoms with Crippen LogP contribution in [0.15, 0.2) is 83.8 Å². The van der Waals surface area contributed by atoms with Crippen molar-refractivity contribution in [2.45, 2.75) is 17.9 Å². The number of halogens is 1. The van der Waals surface area contributed by atoms with Gasteiger partial charge in [-0.25, -0.2) is 8.42 Å². The third-order valence-corrected chi connectivity index (χ3v) is 5.78. The molecule has 2 N–H and O–H groups in total. The van der Waals surface area contributed by atoms with Crippen molar-refractivity contribution in [2.24, 2.45) is 0 Å². The van der Waals surface area contributed by atoms with Gasteiger partial charge < -0.3 is 5.32 Å². The number of nitrogens with one attached hydrogen (secondary N) is 2. The first-order valence-corrected chi connectivity index (χ1v) is 10.5. The molecule has 3 aromatic rings. The number of carbonyl (C=O) groups is 1. The molecule has 0 aliphatic carbocycles. The lowest BCUT2D eigenvalue weighted by molar-refractivity contribution is 0.0939. The van der Waals surface area contributed by atoms with Crippen LogP contribution in [0.3, 0.4) is 0 Å². The number of sulfonamides is 1. The third kappa shape index (κ3) is 4.91. The standard InChI is InChI=1S/C21H19ClN2O3S/c1-15(16-6-3-2-4-7-16)23-21(25)17-8-5-9-20(14-17)28(26,27)24-19-12-10-18(22)11-13-19/h2-15,24H,1H3,(H,23,25). The molecule has 0 saturated heterocycles. The molecule has 3 aromatic carbocycles. The van der Waals surface area contributed by atoms with E-state index in [2.05, 4.69) is 10.0 Å². The molecule has 0 aromatic heterocycles. The molecule has 0 spiro atoms. The molecule has 3 rings (SSSR count). The maximum absolute atomic E-state index is 12.6. The van der Waals surface area contributed by atoms with Gasteiger partial charge in [-0.2, -0.15) is 0 Å². The van der Waals surface area contributed by atoms with Gasteiger partial charge in [0.05, 0.1) is 10.9 Å². The highest BCUT2D eigenvalue weighted by Crippen LogP contribution is 2.20.